The molecule has 1 N–H and O–H groups in total. The summed E-state index contributed by atoms with van der Waals surface area (Å²) in [6, 6.07) is 14.2. The normalized spacial score (nSPS) is 16.8. The lowest BCUT2D eigenvalue weighted by Gasteiger charge is -2.26. The van der Waals surface area contributed by atoms with Gasteiger partial charge in [-0.2, -0.15) is 10.4 Å². The Morgan fingerprint density at radius 3 is 3.04 bits per heavy atom. The topological polar surface area (TPSA) is 61.7 Å². The highest BCUT2D eigenvalue weighted by molar-refractivity contribution is 5.82. The highest BCUT2D eigenvalue weighted by Crippen LogP contribution is 2.35. The highest BCUT2D eigenvalue weighted by atomic mass is 16.5. The molecule has 4 heteroatoms. The summed E-state index contributed by atoms with van der Waals surface area (Å²) in [5, 5.41) is 17.4. The first-order valence-electron chi connectivity index (χ1n) is 7.89. The fourth-order valence-electron chi connectivity index (χ4n) is 3.32. The monoisotopic (exact) mass is 303 g/mol. The maximum atomic E-state index is 9.06. The largest absolute Gasteiger partial charge is 0.486 e. The number of H-pyrrole nitrogens is 1. The van der Waals surface area contributed by atoms with Crippen LogP contribution in [0.15, 0.2) is 36.4 Å². The predicted molar refractivity (Wildman–Crippen MR) is 88.3 cm³/mol. The molecule has 1 aromatic heterocycles. The van der Waals surface area contributed by atoms with Gasteiger partial charge in [-0.15, -0.1) is 0 Å². The van der Waals surface area contributed by atoms with Crippen molar-refractivity contribution in [3.05, 3.63) is 58.8 Å². The lowest BCUT2D eigenvalue weighted by atomic mass is 9.88. The van der Waals surface area contributed by atoms with Crippen LogP contribution < -0.4 is 4.74 Å². The third kappa shape index (κ3) is 2.44. The molecule has 0 radical (unpaired) electrons. The summed E-state index contributed by atoms with van der Waals surface area (Å²) in [6.07, 6.45) is 3.15. The molecule has 4 nitrogen and oxygen atoms in total. The summed E-state index contributed by atoms with van der Waals surface area (Å²) in [5.74, 6) is 0.865. The van der Waals surface area contributed by atoms with Crippen LogP contribution in [0.1, 0.15) is 41.3 Å². The van der Waals surface area contributed by atoms with Gasteiger partial charge in [-0.1, -0.05) is 6.07 Å². The number of fused-ring (bicyclic) bond motifs is 2. The van der Waals surface area contributed by atoms with Gasteiger partial charge in [0.1, 0.15) is 11.9 Å². The number of hydrogen-bond acceptors (Lipinski definition) is 3. The van der Waals surface area contributed by atoms with Crippen LogP contribution in [0.5, 0.6) is 5.75 Å². The molecule has 1 aliphatic carbocycles. The molecule has 0 saturated heterocycles. The molecule has 0 unspecified atom stereocenters. The Morgan fingerprint density at radius 1 is 1.26 bits per heavy atom. The van der Waals surface area contributed by atoms with E-state index in [0.29, 0.717) is 0 Å². The third-order valence-electron chi connectivity index (χ3n) is 4.53. The third-order valence-corrected chi connectivity index (χ3v) is 4.53. The fourth-order valence-corrected chi connectivity index (χ4v) is 3.32. The molecule has 0 saturated carbocycles. The highest BCUT2D eigenvalue weighted by Gasteiger charge is 2.22. The Hall–Kier alpha value is -2.80. The molecule has 0 amide bonds. The van der Waals surface area contributed by atoms with Crippen molar-refractivity contribution in [1.29, 1.82) is 5.26 Å². The Morgan fingerprint density at radius 2 is 2.17 bits per heavy atom. The minimum absolute atomic E-state index is 0.0520. The van der Waals surface area contributed by atoms with Gasteiger partial charge in [-0.25, -0.2) is 0 Å². The standard InChI is InChI=1S/C19H17N3O/c1-12-17-10-15(6-8-18(17)22-21-12)23-19-4-2-3-14-9-13(11-20)5-7-16(14)19/h5-10,19H,2-4H2,1H3,(H,21,22)/t19-/m1/s1. The van der Waals surface area contributed by atoms with Gasteiger partial charge in [0.05, 0.1) is 22.8 Å². The van der Waals surface area contributed by atoms with Crippen molar-refractivity contribution >= 4 is 10.9 Å². The Bertz CT molecular complexity index is 920. The molecule has 0 spiro atoms. The van der Waals surface area contributed by atoms with Crippen molar-refractivity contribution in [3.63, 3.8) is 0 Å². The van der Waals surface area contributed by atoms with E-state index in [-0.39, 0.29) is 6.10 Å². The Balaban J connectivity index is 1.66. The van der Waals surface area contributed by atoms with Gasteiger partial charge in [0.2, 0.25) is 0 Å². The van der Waals surface area contributed by atoms with E-state index in [9.17, 15) is 0 Å². The molecule has 1 heterocycles. The molecular formula is C19H17N3O. The van der Waals surface area contributed by atoms with Gasteiger partial charge in [0.15, 0.2) is 0 Å². The number of aromatic amines is 1. The zero-order valence-corrected chi connectivity index (χ0v) is 13.0. The second-order valence-electron chi connectivity index (χ2n) is 6.04. The zero-order chi connectivity index (χ0) is 15.8. The van der Waals surface area contributed by atoms with Crippen LogP contribution in [0, 0.1) is 18.3 Å². The van der Waals surface area contributed by atoms with Crippen LogP contribution in [0.4, 0.5) is 0 Å². The zero-order valence-electron chi connectivity index (χ0n) is 13.0. The van der Waals surface area contributed by atoms with Crippen molar-refractivity contribution in [2.45, 2.75) is 32.3 Å². The van der Waals surface area contributed by atoms with E-state index in [1.54, 1.807) is 0 Å². The molecule has 2 aromatic carbocycles. The smallest absolute Gasteiger partial charge is 0.124 e. The molecule has 1 aliphatic rings. The summed E-state index contributed by atoms with van der Waals surface area (Å²) in [4.78, 5) is 0. The van der Waals surface area contributed by atoms with Crippen LogP contribution in [0.3, 0.4) is 0 Å². The number of nitrogens with one attached hydrogen (secondary N) is 1. The van der Waals surface area contributed by atoms with E-state index in [1.165, 1.54) is 11.1 Å². The summed E-state index contributed by atoms with van der Waals surface area (Å²) < 4.78 is 6.26. The second kappa shape index (κ2) is 5.44. The Kier molecular flexibility index (Phi) is 3.27. The van der Waals surface area contributed by atoms with Crippen LogP contribution in [-0.2, 0) is 6.42 Å². The summed E-state index contributed by atoms with van der Waals surface area (Å²) in [6.45, 7) is 1.99. The summed E-state index contributed by atoms with van der Waals surface area (Å²) in [7, 11) is 0. The van der Waals surface area contributed by atoms with E-state index in [4.69, 9.17) is 10.00 Å². The van der Waals surface area contributed by atoms with Gasteiger partial charge in [0, 0.05) is 5.39 Å². The molecule has 1 atom stereocenters. The molecule has 0 fully saturated rings. The van der Waals surface area contributed by atoms with E-state index in [2.05, 4.69) is 16.3 Å². The van der Waals surface area contributed by atoms with Gasteiger partial charge in [0.25, 0.3) is 0 Å². The molecule has 0 bridgehead atoms. The number of rotatable bonds is 2. The minimum Gasteiger partial charge on any atom is -0.486 e. The molecule has 114 valence electrons. The van der Waals surface area contributed by atoms with E-state index < -0.39 is 0 Å². The van der Waals surface area contributed by atoms with Crippen LogP contribution in [0.25, 0.3) is 10.9 Å². The lowest BCUT2D eigenvalue weighted by molar-refractivity contribution is 0.183. The van der Waals surface area contributed by atoms with Crippen molar-refractivity contribution in [3.8, 4) is 11.8 Å². The van der Waals surface area contributed by atoms with E-state index >= 15 is 0 Å². The van der Waals surface area contributed by atoms with Crippen LogP contribution in [-0.4, -0.2) is 10.2 Å². The first-order chi connectivity index (χ1) is 11.2. The number of nitrogens with zero attached hydrogens (tertiary/aromatic N) is 2. The first-order valence-corrected chi connectivity index (χ1v) is 7.89. The van der Waals surface area contributed by atoms with E-state index in [0.717, 1.165) is 47.2 Å². The second-order valence-corrected chi connectivity index (χ2v) is 6.04. The molecule has 3 aromatic rings. The minimum atomic E-state index is 0.0520. The number of hydrogen-bond donors (Lipinski definition) is 1. The maximum absolute atomic E-state index is 9.06. The van der Waals surface area contributed by atoms with Gasteiger partial charge in [-0.05, 0) is 67.6 Å². The first kappa shape index (κ1) is 13.8. The van der Waals surface area contributed by atoms with Crippen molar-refractivity contribution in [2.24, 2.45) is 0 Å². The number of aromatic nitrogens is 2. The maximum Gasteiger partial charge on any atom is 0.124 e. The van der Waals surface area contributed by atoms with Gasteiger partial charge < -0.3 is 4.74 Å². The van der Waals surface area contributed by atoms with Crippen LogP contribution >= 0.6 is 0 Å². The number of nitriles is 1. The number of benzene rings is 2. The van der Waals surface area contributed by atoms with Gasteiger partial charge >= 0.3 is 0 Å². The summed E-state index contributed by atoms with van der Waals surface area (Å²) >= 11 is 0. The quantitative estimate of drug-likeness (QED) is 0.771. The predicted octanol–water partition coefficient (Wildman–Crippen LogP) is 4.20. The SMILES string of the molecule is Cc1n[nH]c2ccc(O[C@@H]3CCCc4cc(C#N)ccc43)cc12. The van der Waals surface area contributed by atoms with Gasteiger partial charge in [-0.3, -0.25) is 5.10 Å². The molecule has 4 rings (SSSR count). The number of ether oxygens (including phenoxy) is 1. The average molecular weight is 303 g/mol. The van der Waals surface area contributed by atoms with Crippen LogP contribution in [0.2, 0.25) is 0 Å². The Labute approximate surface area is 134 Å². The summed E-state index contributed by atoms with van der Waals surface area (Å²) in [5.41, 5.74) is 5.17. The van der Waals surface area contributed by atoms with Crippen molar-refractivity contribution in [2.75, 3.05) is 0 Å². The van der Waals surface area contributed by atoms with Crippen molar-refractivity contribution < 1.29 is 4.74 Å². The average Bonchev–Trinajstić information content (AvgIpc) is 2.95. The van der Waals surface area contributed by atoms with E-state index in [1.807, 2.05) is 43.3 Å². The fraction of sp³-hybridized carbons (Fsp3) is 0.263. The molecule has 23 heavy (non-hydrogen) atoms. The number of aryl methyl sites for hydroxylation is 2. The van der Waals surface area contributed by atoms with Crippen molar-refractivity contribution in [1.82, 2.24) is 10.2 Å². The lowest BCUT2D eigenvalue weighted by Crippen LogP contribution is -2.15. The molecular weight excluding hydrogens is 286 g/mol. The molecule has 0 aliphatic heterocycles.